The highest BCUT2D eigenvalue weighted by molar-refractivity contribution is 5.76. The minimum Gasteiger partial charge on any atom is -0.394 e. The summed E-state index contributed by atoms with van der Waals surface area (Å²) in [6.07, 6.45) is 87.7. The van der Waals surface area contributed by atoms with Crippen molar-refractivity contribution in [1.29, 1.82) is 0 Å². The second kappa shape index (κ2) is 53.1. The molecule has 0 bridgehead atoms. The molecule has 0 aliphatic heterocycles. The summed E-state index contributed by atoms with van der Waals surface area (Å²) < 4.78 is 0. The topological polar surface area (TPSA) is 69.6 Å². The van der Waals surface area contributed by atoms with Gasteiger partial charge in [-0.15, -0.1) is 0 Å². The fourth-order valence-corrected chi connectivity index (χ4v) is 6.34. The normalized spacial score (nSPS) is 14.4. The van der Waals surface area contributed by atoms with Crippen molar-refractivity contribution in [1.82, 2.24) is 5.32 Å². The average molecular weight is 876 g/mol. The lowest BCUT2D eigenvalue weighted by molar-refractivity contribution is -0.123. The Morgan fingerprint density at radius 1 is 0.391 bits per heavy atom. The van der Waals surface area contributed by atoms with E-state index in [1.165, 1.54) is 32.1 Å². The Morgan fingerprint density at radius 2 is 0.703 bits per heavy atom. The maximum atomic E-state index is 12.4. The van der Waals surface area contributed by atoms with Crippen molar-refractivity contribution in [3.63, 3.8) is 0 Å². The van der Waals surface area contributed by atoms with Gasteiger partial charge in [-0.3, -0.25) is 4.79 Å². The van der Waals surface area contributed by atoms with Crippen LogP contribution in [0.4, 0.5) is 0 Å². The molecule has 2 unspecified atom stereocenters. The molecule has 4 heteroatoms. The van der Waals surface area contributed by atoms with E-state index in [-0.39, 0.29) is 12.5 Å². The van der Waals surface area contributed by atoms with E-state index in [1.54, 1.807) is 6.08 Å². The Morgan fingerprint density at radius 3 is 1.08 bits per heavy atom. The minimum absolute atomic E-state index is 0.100. The van der Waals surface area contributed by atoms with Crippen LogP contribution < -0.4 is 5.32 Å². The molecule has 0 aromatic carbocycles. The van der Waals surface area contributed by atoms with E-state index in [0.29, 0.717) is 6.42 Å². The Balaban J connectivity index is 3.70. The van der Waals surface area contributed by atoms with E-state index >= 15 is 0 Å². The molecule has 1 amide bonds. The molecule has 356 valence electrons. The molecule has 0 saturated heterocycles. The van der Waals surface area contributed by atoms with Crippen LogP contribution in [0.1, 0.15) is 181 Å². The maximum Gasteiger partial charge on any atom is 0.220 e. The van der Waals surface area contributed by atoms with Crippen molar-refractivity contribution in [2.75, 3.05) is 6.61 Å². The fraction of sp³-hybridized carbons (Fsp3) is 0.517. The number of carbonyl (C=O) groups excluding carboxylic acids is 1. The zero-order valence-electron chi connectivity index (χ0n) is 40.7. The maximum absolute atomic E-state index is 12.4. The molecule has 4 nitrogen and oxygen atoms in total. The molecule has 0 aromatic rings. The predicted octanol–water partition coefficient (Wildman–Crippen LogP) is 16.8. The van der Waals surface area contributed by atoms with Crippen LogP contribution in [0.5, 0.6) is 0 Å². The third kappa shape index (κ3) is 48.8. The highest BCUT2D eigenvalue weighted by atomic mass is 16.3. The van der Waals surface area contributed by atoms with Gasteiger partial charge in [0.1, 0.15) is 0 Å². The molecule has 0 aliphatic carbocycles. The molecule has 0 aliphatic rings. The van der Waals surface area contributed by atoms with Gasteiger partial charge < -0.3 is 15.5 Å². The van der Waals surface area contributed by atoms with Crippen LogP contribution in [0, 0.1) is 0 Å². The number of amides is 1. The first-order valence-corrected chi connectivity index (χ1v) is 25.3. The lowest BCUT2D eigenvalue weighted by Crippen LogP contribution is -2.45. The van der Waals surface area contributed by atoms with Crippen LogP contribution in [0.15, 0.2) is 170 Å². The lowest BCUT2D eigenvalue weighted by Gasteiger charge is -2.19. The van der Waals surface area contributed by atoms with Gasteiger partial charge in [0.05, 0.1) is 18.8 Å². The summed E-state index contributed by atoms with van der Waals surface area (Å²) in [5, 5.41) is 22.9. The van der Waals surface area contributed by atoms with E-state index in [2.05, 4.69) is 177 Å². The Hall–Kier alpha value is -4.25. The Kier molecular flexibility index (Phi) is 49.6. The van der Waals surface area contributed by atoms with E-state index in [1.807, 2.05) is 6.08 Å². The quantitative estimate of drug-likeness (QED) is 0.0422. The Labute approximate surface area is 394 Å². The molecule has 0 heterocycles. The second-order valence-corrected chi connectivity index (χ2v) is 16.1. The van der Waals surface area contributed by atoms with Gasteiger partial charge in [-0.05, 0) is 122 Å². The number of hydrogen-bond donors (Lipinski definition) is 3. The number of nitrogens with one attached hydrogen (secondary N) is 1. The first-order chi connectivity index (χ1) is 31.7. The molecule has 0 aromatic heterocycles. The van der Waals surface area contributed by atoms with Gasteiger partial charge in [-0.25, -0.2) is 0 Å². The number of allylic oxidation sites excluding steroid dienone is 27. The largest absolute Gasteiger partial charge is 0.394 e. The third-order valence-corrected chi connectivity index (χ3v) is 10.1. The summed E-state index contributed by atoms with van der Waals surface area (Å²) in [6.45, 7) is 4.07. The predicted molar refractivity (Wildman–Crippen MR) is 284 cm³/mol. The average Bonchev–Trinajstić information content (AvgIpc) is 3.30. The highest BCUT2D eigenvalue weighted by Crippen LogP contribution is 2.11. The smallest absolute Gasteiger partial charge is 0.220 e. The minimum atomic E-state index is -0.885. The summed E-state index contributed by atoms with van der Waals surface area (Å²) >= 11 is 0. The zero-order valence-corrected chi connectivity index (χ0v) is 40.7. The number of aliphatic hydroxyl groups excluding tert-OH is 2. The molecule has 64 heavy (non-hydrogen) atoms. The lowest BCUT2D eigenvalue weighted by atomic mass is 10.1. The van der Waals surface area contributed by atoms with Crippen molar-refractivity contribution in [3.8, 4) is 0 Å². The molecule has 0 radical (unpaired) electrons. The molecular formula is C60H93NO3. The van der Waals surface area contributed by atoms with Crippen molar-refractivity contribution in [2.24, 2.45) is 0 Å². The third-order valence-electron chi connectivity index (χ3n) is 10.1. The summed E-state index contributed by atoms with van der Waals surface area (Å²) in [4.78, 5) is 12.4. The van der Waals surface area contributed by atoms with Crippen molar-refractivity contribution >= 4 is 5.91 Å². The van der Waals surface area contributed by atoms with E-state index in [0.717, 1.165) is 128 Å². The molecule has 0 spiro atoms. The van der Waals surface area contributed by atoms with Gasteiger partial charge in [0, 0.05) is 6.42 Å². The van der Waals surface area contributed by atoms with E-state index in [4.69, 9.17) is 0 Å². The standard InChI is InChI=1S/C60H93NO3/c1-3-5-7-9-11-13-15-16-17-18-19-20-21-22-23-24-25-26-27-28-29-30-31-32-33-34-35-36-37-38-39-40-41-42-43-44-46-48-50-52-54-56-60(64)61-58(57-62)59(63)55-53-51-49-47-45-14-12-10-8-6-4-2/h5,7-8,10-11,13,16-17,19-20,22-23,25-26,28-29,31-32,34-35,37-38,40-41,45,47,53,55,58-59,62-63H,3-4,6,9,12,14-15,18,21,24,27,30,33,36,39,42-44,46,48-52,54,56-57H2,1-2H3,(H,61,64)/b7-5-,10-8+,13-11-,17-16-,20-19-,23-22-,26-25-,29-28-,32-31-,35-34-,38-37-,41-40-,47-45+,55-53+. The van der Waals surface area contributed by atoms with Crippen molar-refractivity contribution in [3.05, 3.63) is 170 Å². The molecular weight excluding hydrogens is 783 g/mol. The second-order valence-electron chi connectivity index (χ2n) is 16.1. The molecule has 0 fully saturated rings. The number of carbonyl (C=O) groups is 1. The fourth-order valence-electron chi connectivity index (χ4n) is 6.34. The molecule has 2 atom stereocenters. The SMILES string of the molecule is CC/C=C\C/C=C\C/C=C\C/C=C\C/C=C\C/C=C\C/C=C\C/C=C\C/C=C\C/C=C\C/C=C\CCCCCCCCCC(=O)NC(CO)C(O)/C=C/CC/C=C/CC/C=C/CCC. The monoisotopic (exact) mass is 876 g/mol. The van der Waals surface area contributed by atoms with Crippen LogP contribution >= 0.6 is 0 Å². The highest BCUT2D eigenvalue weighted by Gasteiger charge is 2.17. The summed E-state index contributed by atoms with van der Waals surface area (Å²) in [7, 11) is 0. The van der Waals surface area contributed by atoms with Crippen molar-refractivity contribution < 1.29 is 15.0 Å². The van der Waals surface area contributed by atoms with Gasteiger partial charge in [-0.2, -0.15) is 0 Å². The van der Waals surface area contributed by atoms with Crippen LogP contribution in [0.2, 0.25) is 0 Å². The molecule has 0 saturated carbocycles. The van der Waals surface area contributed by atoms with E-state index < -0.39 is 12.1 Å². The first-order valence-electron chi connectivity index (χ1n) is 25.3. The molecule has 0 rings (SSSR count). The summed E-state index contributed by atoms with van der Waals surface area (Å²) in [6, 6.07) is -0.662. The van der Waals surface area contributed by atoms with Crippen LogP contribution in [-0.4, -0.2) is 34.9 Å². The van der Waals surface area contributed by atoms with Gasteiger partial charge in [0.2, 0.25) is 5.91 Å². The van der Waals surface area contributed by atoms with Crippen LogP contribution in [0.25, 0.3) is 0 Å². The van der Waals surface area contributed by atoms with Gasteiger partial charge in [0.25, 0.3) is 0 Å². The molecule has 3 N–H and O–H groups in total. The number of unbranched alkanes of at least 4 members (excludes halogenated alkanes) is 10. The van der Waals surface area contributed by atoms with Crippen molar-refractivity contribution in [2.45, 2.75) is 193 Å². The van der Waals surface area contributed by atoms with Gasteiger partial charge >= 0.3 is 0 Å². The summed E-state index contributed by atoms with van der Waals surface area (Å²) in [5.74, 6) is -0.100. The van der Waals surface area contributed by atoms with E-state index in [9.17, 15) is 15.0 Å². The number of rotatable bonds is 43. The first kappa shape index (κ1) is 59.8. The van der Waals surface area contributed by atoms with Crippen LogP contribution in [0.3, 0.4) is 0 Å². The van der Waals surface area contributed by atoms with Gasteiger partial charge in [0.15, 0.2) is 0 Å². The summed E-state index contributed by atoms with van der Waals surface area (Å²) in [5.41, 5.74) is 0. The van der Waals surface area contributed by atoms with Crippen LogP contribution in [-0.2, 0) is 4.79 Å². The number of aliphatic hydroxyl groups is 2. The van der Waals surface area contributed by atoms with Gasteiger partial charge in [-0.1, -0.05) is 223 Å². The zero-order chi connectivity index (χ0) is 46.3. The Bertz CT molecular complexity index is 1460. The number of hydrogen-bond acceptors (Lipinski definition) is 3.